The van der Waals surface area contributed by atoms with Crippen molar-refractivity contribution in [3.63, 3.8) is 0 Å². The molecule has 3 aromatic heterocycles. The first kappa shape index (κ1) is 25.3. The fourth-order valence-corrected chi connectivity index (χ4v) is 4.62. The molecule has 4 N–H and O–H groups in total. The Balaban J connectivity index is 1.64. The van der Waals surface area contributed by atoms with Crippen molar-refractivity contribution in [3.8, 4) is 0 Å². The minimum absolute atomic E-state index is 0.285. The predicted octanol–water partition coefficient (Wildman–Crippen LogP) is 1.46. The third kappa shape index (κ3) is 6.04. The Morgan fingerprint density at radius 1 is 1.36 bits per heavy atom. The molecule has 1 aliphatic heterocycles. The number of rotatable bonds is 9. The highest BCUT2D eigenvalue weighted by atomic mass is 32.1. The van der Waals surface area contributed by atoms with Gasteiger partial charge in [-0.3, -0.25) is 15.1 Å². The van der Waals surface area contributed by atoms with E-state index in [1.807, 2.05) is 35.0 Å². The van der Waals surface area contributed by atoms with Gasteiger partial charge in [-0.2, -0.15) is 9.97 Å². The van der Waals surface area contributed by atoms with E-state index in [0.29, 0.717) is 59.5 Å². The van der Waals surface area contributed by atoms with Gasteiger partial charge < -0.3 is 25.6 Å². The van der Waals surface area contributed by atoms with Crippen molar-refractivity contribution in [3.05, 3.63) is 46.7 Å². The number of ether oxygens (including phenoxy) is 1. The zero-order valence-corrected chi connectivity index (χ0v) is 21.2. The number of amides is 1. The molecule has 4 heterocycles. The van der Waals surface area contributed by atoms with Gasteiger partial charge in [-0.15, -0.1) is 0 Å². The standard InChI is InChI=1S/C23H29N9O3S/c1-4-35-21(34)19-14(2)27-23(36-19)30-22-28-17(31(3)12-15-6-5-7-25-11-15)10-18(29-22)32-9-8-26-16(13-32)20(24)33/h5-7,10-11,16,26H,4,8-9,12-13H2,1-3H3,(H2,24,33)(H,27,28,29,30). The van der Waals surface area contributed by atoms with E-state index in [1.54, 1.807) is 26.2 Å². The number of aryl methyl sites for hydroxylation is 1. The third-order valence-corrected chi connectivity index (χ3v) is 6.60. The Hall–Kier alpha value is -3.84. The smallest absolute Gasteiger partial charge is 0.350 e. The number of hydrogen-bond acceptors (Lipinski definition) is 12. The van der Waals surface area contributed by atoms with E-state index < -0.39 is 17.9 Å². The highest BCUT2D eigenvalue weighted by Gasteiger charge is 2.26. The molecule has 13 heteroatoms. The van der Waals surface area contributed by atoms with Gasteiger partial charge in [0.05, 0.1) is 12.3 Å². The van der Waals surface area contributed by atoms with Crippen molar-refractivity contribution in [1.29, 1.82) is 0 Å². The molecule has 1 unspecified atom stereocenters. The number of nitrogens with zero attached hydrogens (tertiary/aromatic N) is 6. The topological polar surface area (TPSA) is 151 Å². The van der Waals surface area contributed by atoms with E-state index in [2.05, 4.69) is 20.6 Å². The quantitative estimate of drug-likeness (QED) is 0.358. The molecular weight excluding hydrogens is 482 g/mol. The van der Waals surface area contributed by atoms with Crippen LogP contribution < -0.4 is 26.2 Å². The number of nitrogens with one attached hydrogen (secondary N) is 2. The van der Waals surface area contributed by atoms with Crippen LogP contribution in [0.4, 0.5) is 22.7 Å². The fourth-order valence-electron chi connectivity index (χ4n) is 3.76. The number of pyridine rings is 1. The highest BCUT2D eigenvalue weighted by molar-refractivity contribution is 7.17. The van der Waals surface area contributed by atoms with E-state index in [1.165, 1.54) is 11.3 Å². The summed E-state index contributed by atoms with van der Waals surface area (Å²) in [4.78, 5) is 46.4. The van der Waals surface area contributed by atoms with Gasteiger partial charge in [0.2, 0.25) is 11.9 Å². The summed E-state index contributed by atoms with van der Waals surface area (Å²) in [5.41, 5.74) is 7.13. The molecule has 12 nitrogen and oxygen atoms in total. The molecule has 190 valence electrons. The molecule has 1 fully saturated rings. The van der Waals surface area contributed by atoms with Crippen LogP contribution in [0.3, 0.4) is 0 Å². The lowest BCUT2D eigenvalue weighted by Crippen LogP contribution is -2.56. The molecule has 1 atom stereocenters. The molecule has 0 aromatic carbocycles. The van der Waals surface area contributed by atoms with Gasteiger partial charge in [0, 0.05) is 51.7 Å². The SMILES string of the molecule is CCOC(=O)c1sc(Nc2nc(N(C)Cc3cccnc3)cc(N3CCNC(C(N)=O)C3)n2)nc1C. The van der Waals surface area contributed by atoms with Crippen LogP contribution in [0, 0.1) is 6.92 Å². The van der Waals surface area contributed by atoms with Crippen molar-refractivity contribution < 1.29 is 14.3 Å². The number of esters is 1. The number of thiazole rings is 1. The molecule has 4 rings (SSSR count). The third-order valence-electron chi connectivity index (χ3n) is 5.55. The summed E-state index contributed by atoms with van der Waals surface area (Å²) >= 11 is 1.18. The molecule has 36 heavy (non-hydrogen) atoms. The van der Waals surface area contributed by atoms with Gasteiger partial charge in [-0.25, -0.2) is 9.78 Å². The summed E-state index contributed by atoms with van der Waals surface area (Å²) in [5, 5.41) is 6.74. The molecule has 1 amide bonds. The summed E-state index contributed by atoms with van der Waals surface area (Å²) in [7, 11) is 1.93. The van der Waals surface area contributed by atoms with E-state index in [0.717, 1.165) is 5.56 Å². The van der Waals surface area contributed by atoms with E-state index in [-0.39, 0.29) is 6.61 Å². The first-order valence-corrected chi connectivity index (χ1v) is 12.3. The summed E-state index contributed by atoms with van der Waals surface area (Å²) < 4.78 is 5.12. The first-order valence-electron chi connectivity index (χ1n) is 11.5. The molecular formula is C23H29N9O3S. The van der Waals surface area contributed by atoms with Gasteiger partial charge in [0.25, 0.3) is 0 Å². The number of primary amides is 1. The maximum absolute atomic E-state index is 12.2. The average molecular weight is 512 g/mol. The number of hydrogen-bond donors (Lipinski definition) is 3. The first-order chi connectivity index (χ1) is 17.3. The molecule has 0 aliphatic carbocycles. The van der Waals surface area contributed by atoms with Gasteiger partial charge in [-0.1, -0.05) is 17.4 Å². The lowest BCUT2D eigenvalue weighted by Gasteiger charge is -2.33. The van der Waals surface area contributed by atoms with Gasteiger partial charge in [0.1, 0.15) is 22.6 Å². The van der Waals surface area contributed by atoms with Gasteiger partial charge >= 0.3 is 5.97 Å². The Morgan fingerprint density at radius 2 is 2.19 bits per heavy atom. The molecule has 1 aliphatic rings. The Morgan fingerprint density at radius 3 is 2.92 bits per heavy atom. The molecule has 0 saturated carbocycles. The molecule has 1 saturated heterocycles. The van der Waals surface area contributed by atoms with Crippen LogP contribution in [0.5, 0.6) is 0 Å². The Labute approximate surface area is 212 Å². The minimum Gasteiger partial charge on any atom is -0.462 e. The van der Waals surface area contributed by atoms with E-state index in [9.17, 15) is 9.59 Å². The van der Waals surface area contributed by atoms with E-state index >= 15 is 0 Å². The van der Waals surface area contributed by atoms with Crippen LogP contribution in [0.2, 0.25) is 0 Å². The van der Waals surface area contributed by atoms with Crippen molar-refractivity contribution in [2.45, 2.75) is 26.4 Å². The molecule has 0 bridgehead atoms. The fraction of sp³-hybridized carbons (Fsp3) is 0.391. The van der Waals surface area contributed by atoms with Crippen molar-refractivity contribution in [2.75, 3.05) is 48.4 Å². The second-order valence-corrected chi connectivity index (χ2v) is 9.26. The lowest BCUT2D eigenvalue weighted by molar-refractivity contribution is -0.120. The molecule has 0 spiro atoms. The summed E-state index contributed by atoms with van der Waals surface area (Å²) in [6.07, 6.45) is 3.54. The zero-order valence-electron chi connectivity index (χ0n) is 20.4. The Bertz CT molecular complexity index is 1220. The number of carbonyl (C=O) groups excluding carboxylic acids is 2. The largest absolute Gasteiger partial charge is 0.462 e. The number of anilines is 4. The highest BCUT2D eigenvalue weighted by Crippen LogP contribution is 2.28. The molecule has 0 radical (unpaired) electrons. The normalized spacial score (nSPS) is 15.4. The maximum atomic E-state index is 12.2. The monoisotopic (exact) mass is 511 g/mol. The second kappa shape index (κ2) is 11.3. The van der Waals surface area contributed by atoms with Crippen LogP contribution in [-0.2, 0) is 16.1 Å². The number of piperazine rings is 1. The van der Waals surface area contributed by atoms with Crippen LogP contribution >= 0.6 is 11.3 Å². The van der Waals surface area contributed by atoms with E-state index in [4.69, 9.17) is 20.4 Å². The lowest BCUT2D eigenvalue weighted by atomic mass is 10.2. The summed E-state index contributed by atoms with van der Waals surface area (Å²) in [6.45, 7) is 6.01. The number of nitrogens with two attached hydrogens (primary N) is 1. The van der Waals surface area contributed by atoms with Crippen molar-refractivity contribution in [2.24, 2.45) is 5.73 Å². The van der Waals surface area contributed by atoms with Crippen LogP contribution in [0.1, 0.15) is 27.9 Å². The number of carbonyl (C=O) groups is 2. The average Bonchev–Trinajstić information content (AvgIpc) is 3.24. The van der Waals surface area contributed by atoms with Crippen LogP contribution in [-0.4, -0.2) is 71.1 Å². The Kier molecular flexibility index (Phi) is 7.90. The zero-order chi connectivity index (χ0) is 25.7. The maximum Gasteiger partial charge on any atom is 0.350 e. The van der Waals surface area contributed by atoms with Crippen LogP contribution in [0.15, 0.2) is 30.6 Å². The molecule has 3 aromatic rings. The second-order valence-electron chi connectivity index (χ2n) is 8.26. The predicted molar refractivity (Wildman–Crippen MR) is 138 cm³/mol. The van der Waals surface area contributed by atoms with Crippen LogP contribution in [0.25, 0.3) is 0 Å². The van der Waals surface area contributed by atoms with Gasteiger partial charge in [-0.05, 0) is 25.5 Å². The van der Waals surface area contributed by atoms with Gasteiger partial charge in [0.15, 0.2) is 5.13 Å². The summed E-state index contributed by atoms with van der Waals surface area (Å²) in [5.74, 6) is 0.807. The summed E-state index contributed by atoms with van der Waals surface area (Å²) in [6, 6.07) is 5.28. The number of aromatic nitrogens is 4. The minimum atomic E-state index is -0.476. The van der Waals surface area contributed by atoms with Crippen molar-refractivity contribution in [1.82, 2.24) is 25.3 Å². The van der Waals surface area contributed by atoms with Crippen molar-refractivity contribution >= 4 is 45.9 Å².